The molecule has 2 heterocycles. The minimum absolute atomic E-state index is 0.0242. The maximum Gasteiger partial charge on any atom is 0.244 e. The Kier molecular flexibility index (Phi) is 8.14. The molecule has 1 aliphatic heterocycles. The normalized spacial score (nSPS) is 21.2. The number of nitrogens with two attached hydrogens (primary N) is 1. The fourth-order valence-electron chi connectivity index (χ4n) is 5.10. The van der Waals surface area contributed by atoms with Gasteiger partial charge >= 0.3 is 0 Å². The molecule has 166 valence electrons. The van der Waals surface area contributed by atoms with Gasteiger partial charge in [0.05, 0.1) is 5.92 Å². The number of carbonyl (C=O) groups is 2. The van der Waals surface area contributed by atoms with Gasteiger partial charge in [0, 0.05) is 36.6 Å². The van der Waals surface area contributed by atoms with Crippen LogP contribution >= 0.6 is 0 Å². The van der Waals surface area contributed by atoms with Crippen LogP contribution in [0.1, 0.15) is 74.4 Å². The molecule has 1 aromatic rings. The minimum Gasteiger partial charge on any atom is -0.369 e. The molecular weight excluding hydrogens is 376 g/mol. The summed E-state index contributed by atoms with van der Waals surface area (Å²) in [5, 5.41) is 2.98. The van der Waals surface area contributed by atoms with Crippen LogP contribution in [0.2, 0.25) is 0 Å². The van der Waals surface area contributed by atoms with Crippen LogP contribution < -0.4 is 11.1 Å². The molecule has 6 heteroatoms. The summed E-state index contributed by atoms with van der Waals surface area (Å²) >= 11 is 0. The van der Waals surface area contributed by atoms with Crippen molar-refractivity contribution in [1.82, 2.24) is 14.8 Å². The van der Waals surface area contributed by atoms with E-state index in [2.05, 4.69) is 34.7 Å². The van der Waals surface area contributed by atoms with E-state index in [-0.39, 0.29) is 17.7 Å². The van der Waals surface area contributed by atoms with Crippen LogP contribution in [0.4, 0.5) is 0 Å². The quantitative estimate of drug-likeness (QED) is 0.506. The zero-order valence-electron chi connectivity index (χ0n) is 18.7. The first-order valence-electron chi connectivity index (χ1n) is 11.6. The number of nitrogens with one attached hydrogen (secondary N) is 1. The summed E-state index contributed by atoms with van der Waals surface area (Å²) in [5.41, 5.74) is 9.12. The van der Waals surface area contributed by atoms with Crippen molar-refractivity contribution < 1.29 is 9.59 Å². The Morgan fingerprint density at radius 1 is 1.17 bits per heavy atom. The predicted molar refractivity (Wildman–Crippen MR) is 121 cm³/mol. The van der Waals surface area contributed by atoms with Crippen molar-refractivity contribution in [2.45, 2.75) is 71.3 Å². The number of rotatable bonds is 8. The lowest BCUT2D eigenvalue weighted by Crippen LogP contribution is -2.42. The summed E-state index contributed by atoms with van der Waals surface area (Å²) in [6.45, 7) is 7.62. The Labute approximate surface area is 180 Å². The van der Waals surface area contributed by atoms with Crippen molar-refractivity contribution in [3.63, 3.8) is 0 Å². The largest absolute Gasteiger partial charge is 0.369 e. The van der Waals surface area contributed by atoms with Gasteiger partial charge in [-0.05, 0) is 76.7 Å². The maximum atomic E-state index is 12.2. The second kappa shape index (κ2) is 10.8. The lowest BCUT2D eigenvalue weighted by atomic mass is 9.95. The average molecular weight is 415 g/mol. The third-order valence-corrected chi connectivity index (χ3v) is 6.74. The SMILES string of the molecule is Cc1cc(/C=C/C(=O)NCCCN2CCCC(C(N)=O)C2)c(C)n1C1CCCCC1. The number of likely N-dealkylation sites (tertiary alicyclic amines) is 1. The second-order valence-electron chi connectivity index (χ2n) is 9.01. The van der Waals surface area contributed by atoms with E-state index >= 15 is 0 Å². The molecule has 1 atom stereocenters. The van der Waals surface area contributed by atoms with E-state index in [1.165, 1.54) is 43.5 Å². The van der Waals surface area contributed by atoms with Gasteiger partial charge in [0.25, 0.3) is 0 Å². The van der Waals surface area contributed by atoms with Crippen molar-refractivity contribution >= 4 is 17.9 Å². The molecule has 1 saturated carbocycles. The molecule has 3 N–H and O–H groups in total. The molecule has 0 aromatic carbocycles. The number of nitrogens with zero attached hydrogens (tertiary/aromatic N) is 2. The number of hydrogen-bond acceptors (Lipinski definition) is 3. The molecular formula is C24H38N4O2. The Morgan fingerprint density at radius 3 is 2.67 bits per heavy atom. The highest BCUT2D eigenvalue weighted by Gasteiger charge is 2.23. The highest BCUT2D eigenvalue weighted by Crippen LogP contribution is 2.32. The Bertz CT molecular complexity index is 762. The van der Waals surface area contributed by atoms with Crippen molar-refractivity contribution in [1.29, 1.82) is 0 Å². The lowest BCUT2D eigenvalue weighted by molar-refractivity contribution is -0.123. The first kappa shape index (κ1) is 22.6. The highest BCUT2D eigenvalue weighted by atomic mass is 16.1. The van der Waals surface area contributed by atoms with Gasteiger partial charge in [0.1, 0.15) is 0 Å². The number of aromatic nitrogens is 1. The molecule has 2 fully saturated rings. The average Bonchev–Trinajstić information content (AvgIpc) is 3.03. The molecule has 0 spiro atoms. The van der Waals surface area contributed by atoms with Crippen molar-refractivity contribution in [3.8, 4) is 0 Å². The summed E-state index contributed by atoms with van der Waals surface area (Å²) in [5.74, 6) is -0.268. The first-order chi connectivity index (χ1) is 14.5. The van der Waals surface area contributed by atoms with E-state index in [0.717, 1.165) is 44.5 Å². The number of carbonyl (C=O) groups excluding carboxylic acids is 2. The lowest BCUT2D eigenvalue weighted by Gasteiger charge is -2.31. The summed E-state index contributed by atoms with van der Waals surface area (Å²) in [6.07, 6.45) is 12.9. The van der Waals surface area contributed by atoms with Crippen molar-refractivity contribution in [2.24, 2.45) is 11.7 Å². The van der Waals surface area contributed by atoms with Crippen LogP contribution in [0.15, 0.2) is 12.1 Å². The third kappa shape index (κ3) is 5.97. The predicted octanol–water partition coefficient (Wildman–Crippen LogP) is 3.33. The summed E-state index contributed by atoms with van der Waals surface area (Å²) in [7, 11) is 0. The summed E-state index contributed by atoms with van der Waals surface area (Å²) in [4.78, 5) is 25.9. The summed E-state index contributed by atoms with van der Waals surface area (Å²) < 4.78 is 2.47. The van der Waals surface area contributed by atoms with E-state index in [1.54, 1.807) is 6.08 Å². The van der Waals surface area contributed by atoms with E-state index in [1.807, 2.05) is 6.08 Å². The van der Waals surface area contributed by atoms with Crippen molar-refractivity contribution in [3.05, 3.63) is 29.1 Å². The zero-order valence-corrected chi connectivity index (χ0v) is 18.7. The molecule has 0 radical (unpaired) electrons. The topological polar surface area (TPSA) is 80.4 Å². The van der Waals surface area contributed by atoms with Crippen LogP contribution in [0.25, 0.3) is 6.08 Å². The van der Waals surface area contributed by atoms with E-state index < -0.39 is 0 Å². The van der Waals surface area contributed by atoms with Crippen LogP contribution in [0.5, 0.6) is 0 Å². The molecule has 1 unspecified atom stereocenters. The van der Waals surface area contributed by atoms with Crippen LogP contribution in [-0.2, 0) is 9.59 Å². The number of amides is 2. The van der Waals surface area contributed by atoms with Crippen LogP contribution in [0.3, 0.4) is 0 Å². The molecule has 1 aliphatic carbocycles. The van der Waals surface area contributed by atoms with Gasteiger partial charge in [-0.1, -0.05) is 19.3 Å². The van der Waals surface area contributed by atoms with Crippen molar-refractivity contribution in [2.75, 3.05) is 26.2 Å². The molecule has 1 aromatic heterocycles. The molecule has 30 heavy (non-hydrogen) atoms. The maximum absolute atomic E-state index is 12.2. The van der Waals surface area contributed by atoms with Gasteiger partial charge in [0.15, 0.2) is 0 Å². The second-order valence-corrected chi connectivity index (χ2v) is 9.01. The Hall–Kier alpha value is -2.08. The van der Waals surface area contributed by atoms with Crippen LogP contribution in [-0.4, -0.2) is 47.5 Å². The molecule has 0 bridgehead atoms. The number of aryl methyl sites for hydroxylation is 1. The fourth-order valence-corrected chi connectivity index (χ4v) is 5.10. The molecule has 2 aliphatic rings. The van der Waals surface area contributed by atoms with Gasteiger partial charge in [-0.15, -0.1) is 0 Å². The van der Waals surface area contributed by atoms with Gasteiger partial charge in [-0.3, -0.25) is 9.59 Å². The van der Waals surface area contributed by atoms with E-state index in [4.69, 9.17) is 5.73 Å². The highest BCUT2D eigenvalue weighted by molar-refractivity contribution is 5.91. The van der Waals surface area contributed by atoms with Gasteiger partial charge in [-0.2, -0.15) is 0 Å². The zero-order chi connectivity index (χ0) is 21.5. The smallest absolute Gasteiger partial charge is 0.244 e. The number of primary amides is 1. The van der Waals surface area contributed by atoms with Gasteiger partial charge < -0.3 is 20.5 Å². The van der Waals surface area contributed by atoms with E-state index in [9.17, 15) is 9.59 Å². The van der Waals surface area contributed by atoms with Crippen LogP contribution in [0, 0.1) is 19.8 Å². The van der Waals surface area contributed by atoms with Gasteiger partial charge in [0.2, 0.25) is 11.8 Å². The van der Waals surface area contributed by atoms with Gasteiger partial charge in [-0.25, -0.2) is 0 Å². The standard InChI is InChI=1S/C24H38N4O2/c1-18-16-20(19(2)28(18)22-9-4-3-5-10-22)11-12-23(29)26-13-7-15-27-14-6-8-21(17-27)24(25)30/h11-12,16,21-22H,3-10,13-15,17H2,1-2H3,(H2,25,30)(H,26,29)/b12-11+. The monoisotopic (exact) mass is 414 g/mol. The molecule has 3 rings (SSSR count). The third-order valence-electron chi connectivity index (χ3n) is 6.74. The molecule has 1 saturated heterocycles. The Balaban J connectivity index is 1.43. The number of hydrogen-bond donors (Lipinski definition) is 2. The minimum atomic E-state index is -0.194. The molecule has 6 nitrogen and oxygen atoms in total. The molecule has 2 amide bonds. The Morgan fingerprint density at radius 2 is 1.93 bits per heavy atom. The fraction of sp³-hybridized carbons (Fsp3) is 0.667. The van der Waals surface area contributed by atoms with E-state index in [0.29, 0.717) is 12.6 Å². The summed E-state index contributed by atoms with van der Waals surface area (Å²) in [6, 6.07) is 2.80. The number of piperidine rings is 1. The first-order valence-corrected chi connectivity index (χ1v) is 11.6.